The van der Waals surface area contributed by atoms with Crippen LogP contribution in [0, 0.1) is 0 Å². The van der Waals surface area contributed by atoms with Crippen molar-refractivity contribution >= 4 is 29.0 Å². The summed E-state index contributed by atoms with van der Waals surface area (Å²) in [5.41, 5.74) is 0. The summed E-state index contributed by atoms with van der Waals surface area (Å²) in [6.07, 6.45) is 3.31. The van der Waals surface area contributed by atoms with E-state index in [1.54, 1.807) is 0 Å². The van der Waals surface area contributed by atoms with Crippen LogP contribution < -0.4 is 0 Å². The minimum atomic E-state index is -0.175. The van der Waals surface area contributed by atoms with E-state index in [9.17, 15) is 4.79 Å². The van der Waals surface area contributed by atoms with Crippen LogP contribution in [0.5, 0.6) is 0 Å². The molecule has 0 spiro atoms. The van der Waals surface area contributed by atoms with Gasteiger partial charge in [0.1, 0.15) is 0 Å². The van der Waals surface area contributed by atoms with Gasteiger partial charge in [0.2, 0.25) is 0 Å². The third kappa shape index (κ3) is 11.1. The molecule has 58 valence electrons. The van der Waals surface area contributed by atoms with E-state index in [4.69, 9.17) is 4.74 Å². The smallest absolute Gasteiger partial charge is 1.00 e. The molecule has 0 aromatic heterocycles. The van der Waals surface area contributed by atoms with Crippen molar-refractivity contribution in [3.63, 3.8) is 0 Å². The van der Waals surface area contributed by atoms with Crippen LogP contribution in [0.1, 0.15) is 36.0 Å². The summed E-state index contributed by atoms with van der Waals surface area (Å²) in [4.78, 5) is 10.2. The second kappa shape index (κ2) is 9.24. The van der Waals surface area contributed by atoms with Crippen LogP contribution in [-0.4, -0.2) is 35.6 Å². The number of esters is 1. The Morgan fingerprint density at radius 1 is 1.50 bits per heavy atom. The monoisotopic (exact) mass is 156 g/mol. The summed E-state index contributed by atoms with van der Waals surface area (Å²) in [5, 5.41) is 0. The molecule has 0 N–H and O–H groups in total. The normalized spacial score (nSPS) is 8.20. The predicted octanol–water partition coefficient (Wildman–Crippen LogP) is 1.58. The third-order valence-electron chi connectivity index (χ3n) is 1.05. The molecule has 2 nitrogen and oxygen atoms in total. The Labute approximate surface area is 81.4 Å². The van der Waals surface area contributed by atoms with E-state index in [2.05, 4.69) is 6.92 Å². The van der Waals surface area contributed by atoms with Gasteiger partial charge in [-0.25, -0.2) is 0 Å². The Morgan fingerprint density at radius 3 is 2.50 bits per heavy atom. The van der Waals surface area contributed by atoms with E-state index in [1.165, 1.54) is 13.3 Å². The van der Waals surface area contributed by atoms with Crippen molar-refractivity contribution in [2.75, 3.05) is 6.61 Å². The first-order chi connectivity index (χ1) is 4.27. The van der Waals surface area contributed by atoms with E-state index in [-0.39, 0.29) is 31.9 Å². The molecule has 0 aliphatic heterocycles. The van der Waals surface area contributed by atoms with Crippen LogP contribution in [0.25, 0.3) is 0 Å². The molecule has 0 amide bonds. The quantitative estimate of drug-likeness (QED) is 0.351. The maximum atomic E-state index is 10.2. The van der Waals surface area contributed by atoms with Gasteiger partial charge < -0.3 is 7.59 Å². The Balaban J connectivity index is -0.000000107. The molecule has 0 radical (unpaired) electrons. The van der Waals surface area contributed by atoms with Crippen molar-refractivity contribution in [3.05, 3.63) is 0 Å². The standard InChI is InChI=1S/C7H14O2.Mg.2H/c1-3-4-5-6-9-7(2)8;;;/h3-6H2,1-2H3;;;/q;+2;2*-1. The zero-order valence-corrected chi connectivity index (χ0v) is 8.27. The number of carbonyl (C=O) groups is 1. The number of unbranched alkanes of at least 4 members (excludes halogenated alkanes) is 2. The van der Waals surface area contributed by atoms with Crippen LogP contribution in [0.3, 0.4) is 0 Å². The fourth-order valence-corrected chi connectivity index (χ4v) is 0.568. The molecule has 0 aliphatic rings. The maximum Gasteiger partial charge on any atom is 2.00 e. The van der Waals surface area contributed by atoms with E-state index >= 15 is 0 Å². The van der Waals surface area contributed by atoms with E-state index in [1.807, 2.05) is 0 Å². The zero-order chi connectivity index (χ0) is 7.11. The van der Waals surface area contributed by atoms with Gasteiger partial charge in [-0.1, -0.05) is 19.8 Å². The molecule has 0 aliphatic carbocycles. The Morgan fingerprint density at radius 2 is 2.10 bits per heavy atom. The Kier molecular flexibility index (Phi) is 11.9. The average molecular weight is 157 g/mol. The van der Waals surface area contributed by atoms with Gasteiger partial charge in [-0.3, -0.25) is 4.79 Å². The number of rotatable bonds is 4. The molecule has 0 fully saturated rings. The summed E-state index contributed by atoms with van der Waals surface area (Å²) in [6, 6.07) is 0. The van der Waals surface area contributed by atoms with Crippen molar-refractivity contribution in [1.82, 2.24) is 0 Å². The number of hydrogen-bond acceptors (Lipinski definition) is 2. The molecule has 10 heavy (non-hydrogen) atoms. The molecule has 3 heteroatoms. The molecule has 0 saturated heterocycles. The summed E-state index contributed by atoms with van der Waals surface area (Å²) < 4.78 is 4.70. The van der Waals surface area contributed by atoms with Gasteiger partial charge in [-0.05, 0) is 6.42 Å². The second-order valence-electron chi connectivity index (χ2n) is 2.05. The first kappa shape index (κ1) is 12.9. The van der Waals surface area contributed by atoms with Crippen molar-refractivity contribution < 1.29 is 12.4 Å². The van der Waals surface area contributed by atoms with Crippen LogP contribution in [0.2, 0.25) is 0 Å². The van der Waals surface area contributed by atoms with Crippen molar-refractivity contribution in [1.29, 1.82) is 0 Å². The Bertz CT molecular complexity index is 91.5. The zero-order valence-electron chi connectivity index (χ0n) is 8.85. The molecular formula is C7H16MgO2. The molecule has 0 atom stereocenters. The minimum Gasteiger partial charge on any atom is -1.00 e. The summed E-state index contributed by atoms with van der Waals surface area (Å²) in [5.74, 6) is -0.175. The summed E-state index contributed by atoms with van der Waals surface area (Å²) >= 11 is 0. The third-order valence-corrected chi connectivity index (χ3v) is 1.05. The molecule has 0 bridgehead atoms. The Hall–Kier alpha value is 0.236. The molecule has 0 aromatic rings. The fraction of sp³-hybridized carbons (Fsp3) is 0.857. The summed E-state index contributed by atoms with van der Waals surface area (Å²) in [6.45, 7) is 4.14. The van der Waals surface area contributed by atoms with Gasteiger partial charge in [-0.15, -0.1) is 0 Å². The van der Waals surface area contributed by atoms with Gasteiger partial charge in [0.05, 0.1) is 6.61 Å². The van der Waals surface area contributed by atoms with Crippen LogP contribution in [-0.2, 0) is 9.53 Å². The molecule has 0 aromatic carbocycles. The van der Waals surface area contributed by atoms with Gasteiger partial charge in [0.15, 0.2) is 0 Å². The molecule has 0 unspecified atom stereocenters. The van der Waals surface area contributed by atoms with Gasteiger partial charge in [-0.2, -0.15) is 0 Å². The van der Waals surface area contributed by atoms with Crippen molar-refractivity contribution in [3.8, 4) is 0 Å². The second-order valence-corrected chi connectivity index (χ2v) is 2.05. The number of ether oxygens (including phenoxy) is 1. The van der Waals surface area contributed by atoms with Gasteiger partial charge in [0.25, 0.3) is 0 Å². The van der Waals surface area contributed by atoms with Crippen LogP contribution >= 0.6 is 0 Å². The molecule has 0 rings (SSSR count). The van der Waals surface area contributed by atoms with E-state index < -0.39 is 0 Å². The molecule has 0 saturated carbocycles. The predicted molar refractivity (Wildman–Crippen MR) is 44.1 cm³/mol. The van der Waals surface area contributed by atoms with Crippen molar-refractivity contribution in [2.24, 2.45) is 0 Å². The van der Waals surface area contributed by atoms with E-state index in [0.717, 1.165) is 12.8 Å². The average Bonchev–Trinajstić information content (AvgIpc) is 1.80. The topological polar surface area (TPSA) is 26.3 Å². The van der Waals surface area contributed by atoms with Crippen molar-refractivity contribution in [2.45, 2.75) is 33.1 Å². The SMILES string of the molecule is CCCCCOC(C)=O.[H-].[H-].[Mg+2]. The molecular weight excluding hydrogens is 140 g/mol. The minimum absolute atomic E-state index is 0. The van der Waals surface area contributed by atoms with Gasteiger partial charge >= 0.3 is 29.0 Å². The first-order valence-corrected chi connectivity index (χ1v) is 3.40. The fourth-order valence-electron chi connectivity index (χ4n) is 0.568. The largest absolute Gasteiger partial charge is 2.00 e. The van der Waals surface area contributed by atoms with Crippen LogP contribution in [0.15, 0.2) is 0 Å². The maximum absolute atomic E-state index is 10.2. The number of hydrogen-bond donors (Lipinski definition) is 0. The first-order valence-electron chi connectivity index (χ1n) is 3.40. The summed E-state index contributed by atoms with van der Waals surface area (Å²) in [7, 11) is 0. The molecule has 0 heterocycles. The van der Waals surface area contributed by atoms with Crippen LogP contribution in [0.4, 0.5) is 0 Å². The number of carbonyl (C=O) groups excluding carboxylic acids is 1. The van der Waals surface area contributed by atoms with Gasteiger partial charge in [0, 0.05) is 6.92 Å². The van der Waals surface area contributed by atoms with E-state index in [0.29, 0.717) is 6.61 Å².